The third-order valence-corrected chi connectivity index (χ3v) is 4.41. The number of carbonyl (C=O) groups is 2. The summed E-state index contributed by atoms with van der Waals surface area (Å²) in [6.07, 6.45) is -2.80. The fourth-order valence-corrected chi connectivity index (χ4v) is 3.12. The molecule has 1 saturated heterocycles. The molecule has 6 nitrogen and oxygen atoms in total. The first-order valence-corrected chi connectivity index (χ1v) is 8.45. The van der Waals surface area contributed by atoms with Gasteiger partial charge < -0.3 is 14.6 Å². The molecule has 2 amide bonds. The second kappa shape index (κ2) is 7.42. The largest absolute Gasteiger partial charge is 0.448 e. The molecule has 144 valence electrons. The summed E-state index contributed by atoms with van der Waals surface area (Å²) >= 11 is 0. The Balaban J connectivity index is 1.67. The fourth-order valence-electron chi connectivity index (χ4n) is 3.12. The van der Waals surface area contributed by atoms with Gasteiger partial charge >= 0.3 is 6.18 Å². The molecule has 2 aromatic rings. The Labute approximate surface area is 153 Å². The molecule has 1 aromatic heterocycles. The van der Waals surface area contributed by atoms with E-state index < -0.39 is 23.7 Å². The van der Waals surface area contributed by atoms with Gasteiger partial charge in [-0.05, 0) is 11.6 Å². The lowest BCUT2D eigenvalue weighted by molar-refractivity contribution is -0.139. The van der Waals surface area contributed by atoms with Crippen LogP contribution in [0.3, 0.4) is 0 Å². The number of nitrogens with zero attached hydrogens (tertiary/aromatic N) is 2. The summed E-state index contributed by atoms with van der Waals surface area (Å²) in [7, 11) is 0. The number of amides is 2. The number of benzene rings is 1. The van der Waals surface area contributed by atoms with Gasteiger partial charge in [-0.15, -0.1) is 0 Å². The smallest absolute Gasteiger partial charge is 0.416 e. The Morgan fingerprint density at radius 1 is 1.37 bits per heavy atom. The van der Waals surface area contributed by atoms with Crippen molar-refractivity contribution in [1.82, 2.24) is 15.2 Å². The number of alkyl halides is 3. The van der Waals surface area contributed by atoms with Crippen molar-refractivity contribution in [2.24, 2.45) is 0 Å². The highest BCUT2D eigenvalue weighted by Gasteiger charge is 2.36. The zero-order valence-electron chi connectivity index (χ0n) is 14.5. The zero-order valence-corrected chi connectivity index (χ0v) is 14.5. The van der Waals surface area contributed by atoms with Crippen LogP contribution in [0.2, 0.25) is 0 Å². The van der Waals surface area contributed by atoms with Crippen molar-refractivity contribution in [3.8, 4) is 0 Å². The van der Waals surface area contributed by atoms with Gasteiger partial charge in [-0.2, -0.15) is 13.2 Å². The summed E-state index contributed by atoms with van der Waals surface area (Å²) in [4.78, 5) is 29.7. The van der Waals surface area contributed by atoms with Crippen molar-refractivity contribution < 1.29 is 27.2 Å². The molecule has 1 fully saturated rings. The highest BCUT2D eigenvalue weighted by molar-refractivity contribution is 5.94. The number of nitrogens with one attached hydrogen (secondary N) is 1. The van der Waals surface area contributed by atoms with Crippen LogP contribution in [-0.2, 0) is 23.9 Å². The van der Waals surface area contributed by atoms with Crippen LogP contribution in [0.1, 0.15) is 40.7 Å². The minimum Gasteiger partial charge on any atom is -0.448 e. The lowest BCUT2D eigenvalue weighted by atomic mass is 10.1. The topological polar surface area (TPSA) is 75.4 Å². The number of hydrogen-bond donors (Lipinski definition) is 1. The lowest BCUT2D eigenvalue weighted by Gasteiger charge is -2.20. The van der Waals surface area contributed by atoms with E-state index in [-0.39, 0.29) is 36.7 Å². The molecule has 9 heteroatoms. The van der Waals surface area contributed by atoms with Crippen LogP contribution >= 0.6 is 0 Å². The minimum atomic E-state index is -4.49. The molecule has 1 atom stereocenters. The molecule has 0 aliphatic carbocycles. The first-order valence-electron chi connectivity index (χ1n) is 8.45. The zero-order chi connectivity index (χ0) is 19.6. The maximum absolute atomic E-state index is 13.1. The molecule has 0 saturated carbocycles. The first kappa shape index (κ1) is 18.9. The number of carbonyl (C=O) groups excluding carboxylic acids is 2. The molecular weight excluding hydrogens is 363 g/mol. The number of likely N-dealkylation sites (tertiary alicyclic amines) is 1. The molecule has 1 aliphatic rings. The lowest BCUT2D eigenvalue weighted by Crippen LogP contribution is -2.37. The molecule has 0 spiro atoms. The minimum absolute atomic E-state index is 0.0232. The number of halogens is 3. The molecule has 0 unspecified atom stereocenters. The summed E-state index contributed by atoms with van der Waals surface area (Å²) in [6.45, 7) is 1.79. The van der Waals surface area contributed by atoms with Crippen molar-refractivity contribution in [3.63, 3.8) is 0 Å². The molecule has 3 rings (SSSR count). The van der Waals surface area contributed by atoms with E-state index in [0.717, 1.165) is 6.07 Å². The molecule has 2 heterocycles. The van der Waals surface area contributed by atoms with Crippen molar-refractivity contribution in [3.05, 3.63) is 53.2 Å². The number of oxazole rings is 1. The summed E-state index contributed by atoms with van der Waals surface area (Å²) in [5.41, 5.74) is -0.582. The van der Waals surface area contributed by atoms with Gasteiger partial charge in [-0.3, -0.25) is 9.59 Å². The van der Waals surface area contributed by atoms with E-state index in [1.807, 2.05) is 6.92 Å². The van der Waals surface area contributed by atoms with Gasteiger partial charge in [-0.25, -0.2) is 4.98 Å². The predicted octanol–water partition coefficient (Wildman–Crippen LogP) is 2.79. The molecule has 0 bridgehead atoms. The van der Waals surface area contributed by atoms with Gasteiger partial charge in [-0.1, -0.05) is 25.1 Å². The molecule has 1 N–H and O–H groups in total. The summed E-state index contributed by atoms with van der Waals surface area (Å²) in [5.74, 6) is -0.336. The SMILES string of the molecule is CCc1ocnc1C(=O)N[C@@H]1CC(=O)N(Cc2ccccc2C(F)(F)F)C1. The standard InChI is InChI=1S/C18H18F3N3O3/c1-2-14-16(22-10-27-14)17(26)23-12-7-15(25)24(9-12)8-11-5-3-4-6-13(11)18(19,20)21/h3-6,10,12H,2,7-9H2,1H3,(H,23,26)/t12-/m1/s1. The summed E-state index contributed by atoms with van der Waals surface area (Å²) in [6, 6.07) is 4.66. The van der Waals surface area contributed by atoms with Crippen LogP contribution in [0.15, 0.2) is 35.1 Å². The molecule has 1 aromatic carbocycles. The van der Waals surface area contributed by atoms with Crippen molar-refractivity contribution in [2.45, 2.75) is 38.5 Å². The average molecular weight is 381 g/mol. The van der Waals surface area contributed by atoms with Gasteiger partial charge in [0, 0.05) is 25.9 Å². The van der Waals surface area contributed by atoms with Gasteiger partial charge in [0.1, 0.15) is 5.76 Å². The van der Waals surface area contributed by atoms with Gasteiger partial charge in [0.25, 0.3) is 5.91 Å². The highest BCUT2D eigenvalue weighted by atomic mass is 19.4. The van der Waals surface area contributed by atoms with Crippen LogP contribution in [-0.4, -0.2) is 34.3 Å². The molecular formula is C18H18F3N3O3. The van der Waals surface area contributed by atoms with Crippen LogP contribution in [0, 0.1) is 0 Å². The Hall–Kier alpha value is -2.84. The third-order valence-electron chi connectivity index (χ3n) is 4.41. The van der Waals surface area contributed by atoms with E-state index in [2.05, 4.69) is 10.3 Å². The van der Waals surface area contributed by atoms with Crippen molar-refractivity contribution in [1.29, 1.82) is 0 Å². The van der Waals surface area contributed by atoms with Crippen LogP contribution in [0.25, 0.3) is 0 Å². The Kier molecular flexibility index (Phi) is 5.20. The Bertz CT molecular complexity index is 848. The summed E-state index contributed by atoms with van der Waals surface area (Å²) in [5, 5.41) is 2.70. The van der Waals surface area contributed by atoms with Gasteiger partial charge in [0.15, 0.2) is 12.1 Å². The van der Waals surface area contributed by atoms with E-state index in [1.54, 1.807) is 0 Å². The van der Waals surface area contributed by atoms with Gasteiger partial charge in [0.2, 0.25) is 5.91 Å². The van der Waals surface area contributed by atoms with E-state index >= 15 is 0 Å². The summed E-state index contributed by atoms with van der Waals surface area (Å²) < 4.78 is 44.5. The van der Waals surface area contributed by atoms with Crippen molar-refractivity contribution >= 4 is 11.8 Å². The number of aryl methyl sites for hydroxylation is 1. The Morgan fingerprint density at radius 3 is 2.81 bits per heavy atom. The maximum atomic E-state index is 13.1. The predicted molar refractivity (Wildman–Crippen MR) is 88.6 cm³/mol. The second-order valence-corrected chi connectivity index (χ2v) is 6.28. The second-order valence-electron chi connectivity index (χ2n) is 6.28. The Morgan fingerprint density at radius 2 is 2.11 bits per heavy atom. The van der Waals surface area contributed by atoms with E-state index in [4.69, 9.17) is 4.42 Å². The molecule has 0 radical (unpaired) electrons. The number of hydrogen-bond acceptors (Lipinski definition) is 4. The maximum Gasteiger partial charge on any atom is 0.416 e. The fraction of sp³-hybridized carbons (Fsp3) is 0.389. The molecule has 27 heavy (non-hydrogen) atoms. The van der Waals surface area contributed by atoms with Crippen LogP contribution < -0.4 is 5.32 Å². The molecule has 1 aliphatic heterocycles. The van der Waals surface area contributed by atoms with E-state index in [0.29, 0.717) is 12.2 Å². The van der Waals surface area contributed by atoms with Crippen LogP contribution in [0.4, 0.5) is 13.2 Å². The van der Waals surface area contributed by atoms with E-state index in [9.17, 15) is 22.8 Å². The normalized spacial score (nSPS) is 17.4. The quantitative estimate of drug-likeness (QED) is 0.864. The number of aromatic nitrogens is 1. The van der Waals surface area contributed by atoms with E-state index in [1.165, 1.54) is 29.5 Å². The van der Waals surface area contributed by atoms with Gasteiger partial charge in [0.05, 0.1) is 11.6 Å². The average Bonchev–Trinajstić information content (AvgIpc) is 3.21. The number of rotatable bonds is 5. The third kappa shape index (κ3) is 4.12. The van der Waals surface area contributed by atoms with Crippen molar-refractivity contribution in [2.75, 3.05) is 6.54 Å². The van der Waals surface area contributed by atoms with Crippen LogP contribution in [0.5, 0.6) is 0 Å². The first-order chi connectivity index (χ1) is 12.8. The highest BCUT2D eigenvalue weighted by Crippen LogP contribution is 2.32. The monoisotopic (exact) mass is 381 g/mol.